The molecule has 0 heterocycles. The third-order valence-electron chi connectivity index (χ3n) is 5.08. The van der Waals surface area contributed by atoms with Crippen LogP contribution in [0.1, 0.15) is 40.7 Å². The summed E-state index contributed by atoms with van der Waals surface area (Å²) in [6.45, 7) is 5.78. The van der Waals surface area contributed by atoms with Crippen LogP contribution in [0.25, 0.3) is 0 Å². The van der Waals surface area contributed by atoms with Gasteiger partial charge in [0.15, 0.2) is 0 Å². The summed E-state index contributed by atoms with van der Waals surface area (Å²) in [5.74, 6) is 0.516. The number of sulfonamides is 1. The molecule has 2 N–H and O–H groups in total. The van der Waals surface area contributed by atoms with E-state index in [0.717, 1.165) is 30.1 Å². The maximum absolute atomic E-state index is 12.6. The van der Waals surface area contributed by atoms with E-state index >= 15 is 0 Å². The van der Waals surface area contributed by atoms with Gasteiger partial charge in [0.25, 0.3) is 15.9 Å². The quantitative estimate of drug-likeness (QED) is 0.579. The van der Waals surface area contributed by atoms with Crippen LogP contribution in [-0.2, 0) is 14.8 Å². The highest BCUT2D eigenvalue weighted by molar-refractivity contribution is 7.92. The standard InChI is InChI=1S/C22H28N2O4S/c1-16-5-3-6-21(17(16)2)24-29(26,27)20-11-9-19(10-12-20)22(25)23-13-4-14-28-15-18-7-8-18/h3,5-6,9-12,18,24H,4,7-8,13-15H2,1-2H3,(H,23,25). The van der Waals surface area contributed by atoms with Crippen LogP contribution in [0.5, 0.6) is 0 Å². The number of ether oxygens (including phenoxy) is 1. The maximum Gasteiger partial charge on any atom is 0.261 e. The van der Waals surface area contributed by atoms with Crippen molar-refractivity contribution in [2.24, 2.45) is 5.92 Å². The Morgan fingerprint density at radius 2 is 1.83 bits per heavy atom. The number of benzene rings is 2. The number of hydrogen-bond acceptors (Lipinski definition) is 4. The van der Waals surface area contributed by atoms with Crippen LogP contribution in [0.2, 0.25) is 0 Å². The minimum absolute atomic E-state index is 0.114. The molecule has 0 spiro atoms. The van der Waals surface area contributed by atoms with Gasteiger partial charge in [-0.15, -0.1) is 0 Å². The average molecular weight is 417 g/mol. The second-order valence-electron chi connectivity index (χ2n) is 7.51. The van der Waals surface area contributed by atoms with Crippen LogP contribution in [0, 0.1) is 19.8 Å². The number of amides is 1. The molecule has 3 rings (SSSR count). The van der Waals surface area contributed by atoms with Gasteiger partial charge in [0.1, 0.15) is 0 Å². The molecule has 0 aromatic heterocycles. The molecule has 1 fully saturated rings. The van der Waals surface area contributed by atoms with Crippen LogP contribution in [0.3, 0.4) is 0 Å². The number of aryl methyl sites for hydroxylation is 1. The molecular weight excluding hydrogens is 388 g/mol. The van der Waals surface area contributed by atoms with Crippen molar-refractivity contribution in [2.75, 3.05) is 24.5 Å². The van der Waals surface area contributed by atoms with Crippen LogP contribution in [0.15, 0.2) is 47.4 Å². The summed E-state index contributed by atoms with van der Waals surface area (Å²) in [7, 11) is -3.72. The Morgan fingerprint density at radius 1 is 1.10 bits per heavy atom. The lowest BCUT2D eigenvalue weighted by Crippen LogP contribution is -2.25. The molecule has 2 aromatic carbocycles. The van der Waals surface area contributed by atoms with Crippen molar-refractivity contribution >= 4 is 21.6 Å². The van der Waals surface area contributed by atoms with E-state index in [4.69, 9.17) is 4.74 Å². The number of anilines is 1. The van der Waals surface area contributed by atoms with Crippen molar-refractivity contribution in [3.8, 4) is 0 Å². The number of hydrogen-bond donors (Lipinski definition) is 2. The van der Waals surface area contributed by atoms with Gasteiger partial charge in [0, 0.05) is 25.3 Å². The summed E-state index contributed by atoms with van der Waals surface area (Å²) in [6, 6.07) is 11.4. The Kier molecular flexibility index (Phi) is 6.92. The van der Waals surface area contributed by atoms with E-state index in [9.17, 15) is 13.2 Å². The summed E-state index contributed by atoms with van der Waals surface area (Å²) in [5.41, 5.74) is 2.87. The van der Waals surface area contributed by atoms with Gasteiger partial charge in [-0.05, 0) is 80.5 Å². The van der Waals surface area contributed by atoms with Crippen LogP contribution in [0.4, 0.5) is 5.69 Å². The van der Waals surface area contributed by atoms with Crippen molar-refractivity contribution in [3.63, 3.8) is 0 Å². The third-order valence-corrected chi connectivity index (χ3v) is 6.46. The highest BCUT2D eigenvalue weighted by Gasteiger charge is 2.21. The largest absolute Gasteiger partial charge is 0.381 e. The molecule has 1 saturated carbocycles. The monoisotopic (exact) mass is 416 g/mol. The molecule has 2 aromatic rings. The molecule has 0 unspecified atom stereocenters. The molecular formula is C22H28N2O4S. The summed E-state index contributed by atoms with van der Waals surface area (Å²) >= 11 is 0. The molecule has 7 heteroatoms. The topological polar surface area (TPSA) is 84.5 Å². The van der Waals surface area contributed by atoms with Gasteiger partial charge in [-0.3, -0.25) is 9.52 Å². The second-order valence-corrected chi connectivity index (χ2v) is 9.19. The first-order valence-corrected chi connectivity index (χ1v) is 11.4. The zero-order valence-electron chi connectivity index (χ0n) is 16.9. The van der Waals surface area contributed by atoms with Crippen molar-refractivity contribution < 1.29 is 17.9 Å². The highest BCUT2D eigenvalue weighted by Crippen LogP contribution is 2.28. The fourth-order valence-electron chi connectivity index (χ4n) is 2.86. The summed E-state index contributed by atoms with van der Waals surface area (Å²) in [6.07, 6.45) is 3.29. The fourth-order valence-corrected chi connectivity index (χ4v) is 3.99. The Bertz CT molecular complexity index is 951. The lowest BCUT2D eigenvalue weighted by atomic mass is 10.1. The predicted molar refractivity (Wildman–Crippen MR) is 114 cm³/mol. The molecule has 0 radical (unpaired) electrons. The number of rotatable bonds is 10. The normalized spacial score (nSPS) is 13.9. The highest BCUT2D eigenvalue weighted by atomic mass is 32.2. The SMILES string of the molecule is Cc1cccc(NS(=O)(=O)c2ccc(C(=O)NCCCOCC3CC3)cc2)c1C. The Balaban J connectivity index is 1.52. The first-order chi connectivity index (χ1) is 13.9. The predicted octanol–water partition coefficient (Wildman–Crippen LogP) is 3.65. The molecule has 0 atom stereocenters. The van der Waals surface area contributed by atoms with E-state index in [1.165, 1.54) is 37.1 Å². The molecule has 1 aliphatic rings. The smallest absolute Gasteiger partial charge is 0.261 e. The Morgan fingerprint density at radius 3 is 2.52 bits per heavy atom. The van der Waals surface area contributed by atoms with Gasteiger partial charge in [-0.2, -0.15) is 0 Å². The molecule has 156 valence electrons. The van der Waals surface area contributed by atoms with Crippen molar-refractivity contribution in [2.45, 2.75) is 38.0 Å². The van der Waals surface area contributed by atoms with Gasteiger partial charge >= 0.3 is 0 Å². The van der Waals surface area contributed by atoms with Crippen molar-refractivity contribution in [1.82, 2.24) is 5.32 Å². The molecule has 0 aliphatic heterocycles. The van der Waals surface area contributed by atoms with E-state index in [1.807, 2.05) is 26.0 Å². The summed E-state index contributed by atoms with van der Waals surface area (Å²) < 4.78 is 33.4. The minimum atomic E-state index is -3.72. The van der Waals surface area contributed by atoms with Gasteiger partial charge < -0.3 is 10.1 Å². The lowest BCUT2D eigenvalue weighted by Gasteiger charge is -2.12. The van der Waals surface area contributed by atoms with Gasteiger partial charge in [-0.1, -0.05) is 12.1 Å². The zero-order valence-corrected chi connectivity index (χ0v) is 17.7. The Labute approximate surface area is 172 Å². The first-order valence-electron chi connectivity index (χ1n) is 9.92. The van der Waals surface area contributed by atoms with Crippen LogP contribution < -0.4 is 10.0 Å². The number of carbonyl (C=O) groups is 1. The van der Waals surface area contributed by atoms with Crippen LogP contribution >= 0.6 is 0 Å². The summed E-state index contributed by atoms with van der Waals surface area (Å²) in [4.78, 5) is 12.3. The van der Waals surface area contributed by atoms with Crippen LogP contribution in [-0.4, -0.2) is 34.1 Å². The third kappa shape index (κ3) is 6.05. The number of nitrogens with one attached hydrogen (secondary N) is 2. The first kappa shape index (κ1) is 21.3. The van der Waals surface area contributed by atoms with Gasteiger partial charge in [-0.25, -0.2) is 8.42 Å². The van der Waals surface area contributed by atoms with E-state index < -0.39 is 10.0 Å². The van der Waals surface area contributed by atoms with E-state index in [0.29, 0.717) is 24.4 Å². The zero-order chi connectivity index (χ0) is 20.9. The second kappa shape index (κ2) is 9.41. The Hall–Kier alpha value is -2.38. The van der Waals surface area contributed by atoms with E-state index in [1.54, 1.807) is 6.07 Å². The molecule has 29 heavy (non-hydrogen) atoms. The molecule has 0 saturated heterocycles. The van der Waals surface area contributed by atoms with Crippen molar-refractivity contribution in [3.05, 3.63) is 59.2 Å². The van der Waals surface area contributed by atoms with E-state index in [-0.39, 0.29) is 10.8 Å². The molecule has 1 amide bonds. The fraction of sp³-hybridized carbons (Fsp3) is 0.409. The minimum Gasteiger partial charge on any atom is -0.381 e. The summed E-state index contributed by atoms with van der Waals surface area (Å²) in [5, 5.41) is 2.83. The van der Waals surface area contributed by atoms with Crippen molar-refractivity contribution in [1.29, 1.82) is 0 Å². The maximum atomic E-state index is 12.6. The van der Waals surface area contributed by atoms with Gasteiger partial charge in [0.05, 0.1) is 10.6 Å². The number of carbonyl (C=O) groups excluding carboxylic acids is 1. The van der Waals surface area contributed by atoms with Gasteiger partial charge in [0.2, 0.25) is 0 Å². The molecule has 1 aliphatic carbocycles. The molecule has 0 bridgehead atoms. The lowest BCUT2D eigenvalue weighted by molar-refractivity contribution is 0.0937. The average Bonchev–Trinajstić information content (AvgIpc) is 3.52. The van der Waals surface area contributed by atoms with E-state index in [2.05, 4.69) is 10.0 Å². The molecule has 6 nitrogen and oxygen atoms in total.